The molecule has 3 N–H and O–H groups in total. The van der Waals surface area contributed by atoms with E-state index in [2.05, 4.69) is 15.3 Å². The number of rotatable bonds is 3. The molecule has 2 rings (SSSR count). The van der Waals surface area contributed by atoms with Crippen molar-refractivity contribution in [2.24, 2.45) is 5.73 Å². The molecule has 18 heavy (non-hydrogen) atoms. The molecule has 1 unspecified atom stereocenters. The number of amides is 1. The van der Waals surface area contributed by atoms with Crippen LogP contribution in [0.15, 0.2) is 42.6 Å². The quantitative estimate of drug-likeness (QED) is 0.826. The molecule has 0 bridgehead atoms. The average Bonchev–Trinajstić information content (AvgIpc) is 2.39. The van der Waals surface area contributed by atoms with E-state index in [1.165, 1.54) is 6.20 Å². The van der Waals surface area contributed by atoms with E-state index in [9.17, 15) is 4.79 Å². The number of nitrogens with zero attached hydrogens (tertiary/aromatic N) is 2. The van der Waals surface area contributed by atoms with Gasteiger partial charge in [0.15, 0.2) is 0 Å². The number of nitrogens with one attached hydrogen (secondary N) is 1. The van der Waals surface area contributed by atoms with Gasteiger partial charge in [-0.15, -0.1) is 0 Å². The van der Waals surface area contributed by atoms with E-state index in [4.69, 9.17) is 17.3 Å². The molecule has 0 spiro atoms. The molecule has 92 valence electrons. The maximum Gasteiger partial charge on any atom is 0.247 e. The summed E-state index contributed by atoms with van der Waals surface area (Å²) in [6, 6.07) is 9.88. The van der Waals surface area contributed by atoms with Crippen LogP contribution in [0.3, 0.4) is 0 Å². The van der Waals surface area contributed by atoms with Crippen LogP contribution >= 0.6 is 11.6 Å². The van der Waals surface area contributed by atoms with E-state index >= 15 is 0 Å². The lowest BCUT2D eigenvalue weighted by molar-refractivity contribution is -0.117. The summed E-state index contributed by atoms with van der Waals surface area (Å²) in [5.41, 5.74) is 6.57. The molecule has 0 aliphatic heterocycles. The van der Waals surface area contributed by atoms with Gasteiger partial charge in [-0.05, 0) is 23.2 Å². The number of anilines is 1. The highest BCUT2D eigenvalue weighted by Crippen LogP contribution is 2.12. The Morgan fingerprint density at radius 1 is 1.28 bits per heavy atom. The lowest BCUT2D eigenvalue weighted by Crippen LogP contribution is -2.28. The maximum atomic E-state index is 11.9. The van der Waals surface area contributed by atoms with E-state index in [-0.39, 0.29) is 11.2 Å². The van der Waals surface area contributed by atoms with Crippen molar-refractivity contribution in [2.75, 3.05) is 5.32 Å². The Hall–Kier alpha value is -1.98. The number of carbonyl (C=O) groups excluding carboxylic acids is 1. The molecular weight excluding hydrogens is 252 g/mol. The van der Waals surface area contributed by atoms with Crippen LogP contribution in [0.2, 0.25) is 5.28 Å². The van der Waals surface area contributed by atoms with Gasteiger partial charge in [0, 0.05) is 6.20 Å². The van der Waals surface area contributed by atoms with Crippen molar-refractivity contribution < 1.29 is 4.79 Å². The van der Waals surface area contributed by atoms with E-state index in [1.54, 1.807) is 18.2 Å². The molecule has 2 aromatic rings. The minimum atomic E-state index is -0.750. The van der Waals surface area contributed by atoms with Gasteiger partial charge in [0.25, 0.3) is 0 Å². The number of halogens is 1. The fourth-order valence-corrected chi connectivity index (χ4v) is 1.57. The summed E-state index contributed by atoms with van der Waals surface area (Å²) < 4.78 is 0. The van der Waals surface area contributed by atoms with Gasteiger partial charge in [0.1, 0.15) is 11.9 Å². The monoisotopic (exact) mass is 262 g/mol. The summed E-state index contributed by atoms with van der Waals surface area (Å²) in [7, 11) is 0. The van der Waals surface area contributed by atoms with Gasteiger partial charge in [0.2, 0.25) is 11.2 Å². The molecule has 1 heterocycles. The molecule has 0 aliphatic rings. The Kier molecular flexibility index (Phi) is 3.86. The zero-order chi connectivity index (χ0) is 13.0. The first-order valence-corrected chi connectivity index (χ1v) is 5.64. The predicted octanol–water partition coefficient (Wildman–Crippen LogP) is 1.77. The summed E-state index contributed by atoms with van der Waals surface area (Å²) in [6.07, 6.45) is 1.46. The van der Waals surface area contributed by atoms with Gasteiger partial charge in [0.05, 0.1) is 0 Å². The smallest absolute Gasteiger partial charge is 0.247 e. The van der Waals surface area contributed by atoms with Gasteiger partial charge in [-0.1, -0.05) is 30.3 Å². The first-order valence-electron chi connectivity index (χ1n) is 5.27. The molecule has 1 atom stereocenters. The molecule has 0 saturated carbocycles. The third-order valence-electron chi connectivity index (χ3n) is 2.32. The van der Waals surface area contributed by atoms with Crippen molar-refractivity contribution >= 4 is 23.3 Å². The average molecular weight is 263 g/mol. The molecule has 1 amide bonds. The highest BCUT2D eigenvalue weighted by atomic mass is 35.5. The van der Waals surface area contributed by atoms with Crippen molar-refractivity contribution in [3.63, 3.8) is 0 Å². The Balaban J connectivity index is 2.09. The molecule has 0 fully saturated rings. The van der Waals surface area contributed by atoms with Crippen LogP contribution in [0.25, 0.3) is 0 Å². The van der Waals surface area contributed by atoms with Crippen LogP contribution in [0.4, 0.5) is 5.82 Å². The van der Waals surface area contributed by atoms with E-state index in [1.807, 2.05) is 18.2 Å². The minimum absolute atomic E-state index is 0.0704. The highest BCUT2D eigenvalue weighted by molar-refractivity contribution is 6.28. The van der Waals surface area contributed by atoms with Gasteiger partial charge in [-0.3, -0.25) is 4.79 Å². The third kappa shape index (κ3) is 3.03. The van der Waals surface area contributed by atoms with Gasteiger partial charge < -0.3 is 11.1 Å². The summed E-state index contributed by atoms with van der Waals surface area (Å²) in [4.78, 5) is 19.5. The van der Waals surface area contributed by atoms with Crippen LogP contribution < -0.4 is 11.1 Å². The maximum absolute atomic E-state index is 11.9. The Morgan fingerprint density at radius 2 is 2.00 bits per heavy atom. The molecule has 0 saturated heterocycles. The second-order valence-electron chi connectivity index (χ2n) is 3.59. The number of benzene rings is 1. The molecule has 1 aromatic heterocycles. The SMILES string of the molecule is NC(C(=O)Nc1ccnc(Cl)n1)c1ccccc1. The summed E-state index contributed by atoms with van der Waals surface area (Å²) in [5, 5.41) is 2.65. The second-order valence-corrected chi connectivity index (χ2v) is 3.93. The lowest BCUT2D eigenvalue weighted by atomic mass is 10.1. The van der Waals surface area contributed by atoms with Crippen LogP contribution in [0, 0.1) is 0 Å². The zero-order valence-electron chi connectivity index (χ0n) is 9.38. The van der Waals surface area contributed by atoms with E-state index < -0.39 is 6.04 Å². The molecule has 0 radical (unpaired) electrons. The van der Waals surface area contributed by atoms with Crippen LogP contribution in [0.1, 0.15) is 11.6 Å². The molecule has 0 aliphatic carbocycles. The van der Waals surface area contributed by atoms with Crippen molar-refractivity contribution in [1.82, 2.24) is 9.97 Å². The Bertz CT molecular complexity index is 547. The van der Waals surface area contributed by atoms with Gasteiger partial charge in [-0.25, -0.2) is 9.97 Å². The normalized spacial score (nSPS) is 11.9. The number of hydrogen-bond acceptors (Lipinski definition) is 4. The Labute approximate surface area is 109 Å². The highest BCUT2D eigenvalue weighted by Gasteiger charge is 2.15. The summed E-state index contributed by atoms with van der Waals surface area (Å²) >= 11 is 5.62. The fourth-order valence-electron chi connectivity index (χ4n) is 1.42. The van der Waals surface area contributed by atoms with Gasteiger partial charge in [-0.2, -0.15) is 0 Å². The van der Waals surface area contributed by atoms with Crippen molar-refractivity contribution in [3.05, 3.63) is 53.4 Å². The number of aromatic nitrogens is 2. The van der Waals surface area contributed by atoms with Gasteiger partial charge >= 0.3 is 0 Å². The predicted molar refractivity (Wildman–Crippen MR) is 69.0 cm³/mol. The second kappa shape index (κ2) is 5.57. The molecule has 1 aromatic carbocycles. The number of nitrogens with two attached hydrogens (primary N) is 1. The van der Waals surface area contributed by atoms with Crippen molar-refractivity contribution in [1.29, 1.82) is 0 Å². The van der Waals surface area contributed by atoms with Crippen LogP contribution in [-0.4, -0.2) is 15.9 Å². The zero-order valence-corrected chi connectivity index (χ0v) is 10.1. The topological polar surface area (TPSA) is 80.9 Å². The Morgan fingerprint density at radius 3 is 2.67 bits per heavy atom. The third-order valence-corrected chi connectivity index (χ3v) is 2.50. The number of hydrogen-bond donors (Lipinski definition) is 2. The first-order chi connectivity index (χ1) is 8.66. The first kappa shape index (κ1) is 12.5. The minimum Gasteiger partial charge on any atom is -0.316 e. The molecular formula is C12H11ClN4O. The largest absolute Gasteiger partial charge is 0.316 e. The molecule has 6 heteroatoms. The molecule has 5 nitrogen and oxygen atoms in total. The van der Waals surface area contributed by atoms with E-state index in [0.717, 1.165) is 5.56 Å². The summed E-state index contributed by atoms with van der Waals surface area (Å²) in [5.74, 6) is -0.0256. The lowest BCUT2D eigenvalue weighted by Gasteiger charge is -2.11. The fraction of sp³-hybridized carbons (Fsp3) is 0.0833. The van der Waals surface area contributed by atoms with Crippen LogP contribution in [-0.2, 0) is 4.79 Å². The van der Waals surface area contributed by atoms with Crippen LogP contribution in [0.5, 0.6) is 0 Å². The van der Waals surface area contributed by atoms with E-state index in [0.29, 0.717) is 5.82 Å². The number of carbonyl (C=O) groups is 1. The standard InChI is InChI=1S/C12H11ClN4O/c13-12-15-7-6-9(17-12)16-11(18)10(14)8-4-2-1-3-5-8/h1-7,10H,14H2,(H,15,16,17,18). The van der Waals surface area contributed by atoms with Crippen molar-refractivity contribution in [2.45, 2.75) is 6.04 Å². The summed E-state index contributed by atoms with van der Waals surface area (Å²) in [6.45, 7) is 0. The van der Waals surface area contributed by atoms with Crippen molar-refractivity contribution in [3.8, 4) is 0 Å².